The normalized spacial score (nSPS) is 25.1. The largest absolute Gasteiger partial charge is 0.493 e. The van der Waals surface area contributed by atoms with Crippen LogP contribution in [0.3, 0.4) is 0 Å². The maximum absolute atomic E-state index is 5.34. The van der Waals surface area contributed by atoms with Gasteiger partial charge in [0.25, 0.3) is 0 Å². The van der Waals surface area contributed by atoms with Gasteiger partial charge in [-0.15, -0.1) is 24.0 Å². The molecule has 7 nitrogen and oxygen atoms in total. The molecule has 3 fully saturated rings. The van der Waals surface area contributed by atoms with Gasteiger partial charge in [-0.05, 0) is 12.1 Å². The summed E-state index contributed by atoms with van der Waals surface area (Å²) in [6, 6.07) is 6.29. The Morgan fingerprint density at radius 3 is 2.44 bits per heavy atom. The number of piperazine rings is 3. The number of fused-ring (bicyclic) bond motifs is 3. The number of methoxy groups -OCH3 is 2. The first kappa shape index (κ1) is 20.1. The SMILES string of the molecule is CN=C(NCC1CN2CCN1CC2)Nc1ccc(OC)c(OC)c1.I. The van der Waals surface area contributed by atoms with Crippen LogP contribution < -0.4 is 20.1 Å². The van der Waals surface area contributed by atoms with E-state index in [0.29, 0.717) is 17.5 Å². The fourth-order valence-corrected chi connectivity index (χ4v) is 3.36. The molecular weight excluding hydrogens is 433 g/mol. The molecular formula is C17H28IN5O2. The van der Waals surface area contributed by atoms with Gasteiger partial charge in [-0.25, -0.2) is 0 Å². The van der Waals surface area contributed by atoms with Gasteiger partial charge in [0.15, 0.2) is 17.5 Å². The van der Waals surface area contributed by atoms with Gasteiger partial charge in [0, 0.05) is 64.1 Å². The average molecular weight is 461 g/mol. The van der Waals surface area contributed by atoms with Crippen LogP contribution in [0.2, 0.25) is 0 Å². The van der Waals surface area contributed by atoms with Crippen LogP contribution in [0.1, 0.15) is 0 Å². The van der Waals surface area contributed by atoms with Gasteiger partial charge in [0.1, 0.15) is 0 Å². The summed E-state index contributed by atoms with van der Waals surface area (Å²) in [4.78, 5) is 9.42. The molecule has 1 aromatic rings. The van der Waals surface area contributed by atoms with E-state index in [-0.39, 0.29) is 24.0 Å². The van der Waals surface area contributed by atoms with E-state index in [9.17, 15) is 0 Å². The number of nitrogens with one attached hydrogen (secondary N) is 2. The van der Waals surface area contributed by atoms with Crippen LogP contribution >= 0.6 is 24.0 Å². The van der Waals surface area contributed by atoms with Crippen LogP contribution in [0.5, 0.6) is 11.5 Å². The molecule has 0 saturated carbocycles. The zero-order valence-corrected chi connectivity index (χ0v) is 17.4. The van der Waals surface area contributed by atoms with Crippen LogP contribution in [0.15, 0.2) is 23.2 Å². The van der Waals surface area contributed by atoms with Crippen molar-refractivity contribution in [2.45, 2.75) is 6.04 Å². The van der Waals surface area contributed by atoms with E-state index in [0.717, 1.165) is 24.7 Å². The van der Waals surface area contributed by atoms with Crippen LogP contribution in [0.4, 0.5) is 5.69 Å². The lowest BCUT2D eigenvalue weighted by molar-refractivity contribution is 0.0155. The molecule has 3 aliphatic rings. The summed E-state index contributed by atoms with van der Waals surface area (Å²) in [6.45, 7) is 6.79. The highest BCUT2D eigenvalue weighted by Gasteiger charge is 2.31. The maximum atomic E-state index is 5.34. The van der Waals surface area contributed by atoms with Gasteiger partial charge in [-0.3, -0.25) is 14.8 Å². The molecule has 0 amide bonds. The van der Waals surface area contributed by atoms with E-state index in [1.165, 1.54) is 26.2 Å². The number of halogens is 1. The highest BCUT2D eigenvalue weighted by molar-refractivity contribution is 14.0. The minimum absolute atomic E-state index is 0. The molecule has 4 rings (SSSR count). The first-order valence-electron chi connectivity index (χ1n) is 8.39. The second-order valence-corrected chi connectivity index (χ2v) is 6.14. The number of guanidine groups is 1. The van der Waals surface area contributed by atoms with Crippen molar-refractivity contribution in [3.05, 3.63) is 18.2 Å². The topological polar surface area (TPSA) is 61.4 Å². The molecule has 25 heavy (non-hydrogen) atoms. The molecule has 0 aliphatic carbocycles. The Kier molecular flexibility index (Phi) is 7.57. The lowest BCUT2D eigenvalue weighted by Crippen LogP contribution is -2.63. The van der Waals surface area contributed by atoms with Crippen molar-refractivity contribution < 1.29 is 9.47 Å². The van der Waals surface area contributed by atoms with E-state index in [4.69, 9.17) is 9.47 Å². The van der Waals surface area contributed by atoms with E-state index in [1.807, 2.05) is 18.2 Å². The predicted octanol–water partition coefficient (Wildman–Crippen LogP) is 1.31. The third kappa shape index (κ3) is 4.89. The summed E-state index contributed by atoms with van der Waals surface area (Å²) >= 11 is 0. The number of rotatable bonds is 5. The molecule has 8 heteroatoms. The van der Waals surface area contributed by atoms with Crippen molar-refractivity contribution in [1.29, 1.82) is 0 Å². The number of ether oxygens (including phenoxy) is 2. The number of nitrogens with zero attached hydrogens (tertiary/aromatic N) is 3. The maximum Gasteiger partial charge on any atom is 0.195 e. The minimum Gasteiger partial charge on any atom is -0.493 e. The third-order valence-corrected chi connectivity index (χ3v) is 4.77. The van der Waals surface area contributed by atoms with Crippen molar-refractivity contribution in [2.24, 2.45) is 4.99 Å². The number of benzene rings is 1. The molecule has 0 spiro atoms. The zero-order chi connectivity index (χ0) is 16.9. The minimum atomic E-state index is 0. The Morgan fingerprint density at radius 1 is 1.16 bits per heavy atom. The first-order chi connectivity index (χ1) is 11.7. The predicted molar refractivity (Wildman–Crippen MR) is 112 cm³/mol. The molecule has 3 saturated heterocycles. The highest BCUT2D eigenvalue weighted by Crippen LogP contribution is 2.29. The summed E-state index contributed by atoms with van der Waals surface area (Å²) < 4.78 is 10.6. The summed E-state index contributed by atoms with van der Waals surface area (Å²) in [6.07, 6.45) is 0. The average Bonchev–Trinajstić information content (AvgIpc) is 2.65. The lowest BCUT2D eigenvalue weighted by atomic mass is 10.1. The smallest absolute Gasteiger partial charge is 0.195 e. The monoisotopic (exact) mass is 461 g/mol. The molecule has 1 aromatic carbocycles. The number of hydrogen-bond acceptors (Lipinski definition) is 5. The van der Waals surface area contributed by atoms with Gasteiger partial charge in [-0.2, -0.15) is 0 Å². The van der Waals surface area contributed by atoms with Gasteiger partial charge < -0.3 is 20.1 Å². The molecule has 3 heterocycles. The van der Waals surface area contributed by atoms with Gasteiger partial charge in [-0.1, -0.05) is 0 Å². The van der Waals surface area contributed by atoms with Crippen LogP contribution in [0, 0.1) is 0 Å². The second-order valence-electron chi connectivity index (χ2n) is 6.14. The van der Waals surface area contributed by atoms with E-state index < -0.39 is 0 Å². The summed E-state index contributed by atoms with van der Waals surface area (Å²) in [5.74, 6) is 2.17. The molecule has 0 aromatic heterocycles. The highest BCUT2D eigenvalue weighted by atomic mass is 127. The van der Waals surface area contributed by atoms with Crippen LogP contribution in [-0.4, -0.2) is 82.3 Å². The van der Waals surface area contributed by atoms with Gasteiger partial charge in [0.05, 0.1) is 14.2 Å². The third-order valence-electron chi connectivity index (χ3n) is 4.77. The molecule has 3 aliphatic heterocycles. The Morgan fingerprint density at radius 2 is 1.88 bits per heavy atom. The Bertz CT molecular complexity index is 590. The Labute approximate surface area is 166 Å². The molecule has 2 bridgehead atoms. The van der Waals surface area contributed by atoms with Gasteiger partial charge in [0.2, 0.25) is 0 Å². The Balaban J connectivity index is 0.00000225. The zero-order valence-electron chi connectivity index (χ0n) is 15.1. The second kappa shape index (κ2) is 9.44. The molecule has 140 valence electrons. The molecule has 0 radical (unpaired) electrons. The number of hydrogen-bond donors (Lipinski definition) is 2. The van der Waals surface area contributed by atoms with Gasteiger partial charge >= 0.3 is 0 Å². The first-order valence-corrected chi connectivity index (χ1v) is 8.39. The molecule has 1 atom stereocenters. The van der Waals surface area contributed by atoms with Crippen molar-refractivity contribution in [2.75, 3.05) is 65.9 Å². The van der Waals surface area contributed by atoms with E-state index in [2.05, 4.69) is 25.4 Å². The van der Waals surface area contributed by atoms with E-state index >= 15 is 0 Å². The Hall–Kier alpha value is -1.26. The van der Waals surface area contributed by atoms with Crippen molar-refractivity contribution in [3.63, 3.8) is 0 Å². The van der Waals surface area contributed by atoms with Crippen molar-refractivity contribution >= 4 is 35.6 Å². The standard InChI is InChI=1S/C17H27N5O2.HI/c1-18-17(19-11-14-12-21-6-8-22(14)9-7-21)20-13-4-5-15(23-2)16(10-13)24-3;/h4-5,10,14H,6-9,11-12H2,1-3H3,(H2,18,19,20);1H. The van der Waals surface area contributed by atoms with Crippen LogP contribution in [0.25, 0.3) is 0 Å². The van der Waals surface area contributed by atoms with Crippen molar-refractivity contribution in [3.8, 4) is 11.5 Å². The summed E-state index contributed by atoms with van der Waals surface area (Å²) in [7, 11) is 5.05. The summed E-state index contributed by atoms with van der Waals surface area (Å²) in [5.41, 5.74) is 0.912. The fourth-order valence-electron chi connectivity index (χ4n) is 3.36. The number of anilines is 1. The molecule has 1 unspecified atom stereocenters. The van der Waals surface area contributed by atoms with Crippen LogP contribution in [-0.2, 0) is 0 Å². The lowest BCUT2D eigenvalue weighted by Gasteiger charge is -2.47. The quantitative estimate of drug-likeness (QED) is 0.392. The van der Waals surface area contributed by atoms with E-state index in [1.54, 1.807) is 21.3 Å². The van der Waals surface area contributed by atoms with Crippen molar-refractivity contribution in [1.82, 2.24) is 15.1 Å². The molecule has 2 N–H and O–H groups in total. The summed E-state index contributed by atoms with van der Waals surface area (Å²) in [5, 5.41) is 6.75. The number of aliphatic imine (C=N–C) groups is 1. The fraction of sp³-hybridized carbons (Fsp3) is 0.588.